The number of nitrogens with zero attached hydrogens (tertiary/aromatic N) is 2. The van der Waals surface area contributed by atoms with Gasteiger partial charge in [0.15, 0.2) is 0 Å². The molecule has 1 aliphatic heterocycles. The van der Waals surface area contributed by atoms with Crippen LogP contribution in [0.3, 0.4) is 0 Å². The maximum Gasteiger partial charge on any atom is 0.272 e. The van der Waals surface area contributed by atoms with Gasteiger partial charge in [0.25, 0.3) is 5.91 Å². The Hall–Kier alpha value is -2.69. The molecule has 0 radical (unpaired) electrons. The van der Waals surface area contributed by atoms with Crippen LogP contribution in [0.15, 0.2) is 48.7 Å². The van der Waals surface area contributed by atoms with Crippen molar-refractivity contribution in [3.8, 4) is 0 Å². The highest BCUT2D eigenvalue weighted by atomic mass is 16.2. The van der Waals surface area contributed by atoms with Crippen LogP contribution in [0.4, 0.5) is 0 Å². The van der Waals surface area contributed by atoms with Crippen LogP contribution in [0.1, 0.15) is 45.7 Å². The molecule has 0 aliphatic carbocycles. The van der Waals surface area contributed by atoms with Gasteiger partial charge in [-0.25, -0.2) is 0 Å². The Morgan fingerprint density at radius 1 is 1.08 bits per heavy atom. The number of aromatic nitrogens is 1. The van der Waals surface area contributed by atoms with E-state index in [0.29, 0.717) is 17.2 Å². The van der Waals surface area contributed by atoms with Gasteiger partial charge >= 0.3 is 0 Å². The number of likely N-dealkylation sites (tertiary alicyclic amines) is 1. The number of piperidine rings is 1. The van der Waals surface area contributed by atoms with Gasteiger partial charge in [-0.15, -0.1) is 0 Å². The first kappa shape index (κ1) is 17.1. The Morgan fingerprint density at radius 3 is 2.40 bits per heavy atom. The second-order valence-corrected chi connectivity index (χ2v) is 6.56. The summed E-state index contributed by atoms with van der Waals surface area (Å²) in [6, 6.07) is 13.6. The molecule has 0 unspecified atom stereocenters. The average Bonchev–Trinajstić information content (AvgIpc) is 2.67. The molecule has 5 heteroatoms. The first-order chi connectivity index (χ1) is 12.1. The Labute approximate surface area is 147 Å². The van der Waals surface area contributed by atoms with Crippen LogP contribution in [-0.2, 0) is 6.42 Å². The lowest BCUT2D eigenvalue weighted by molar-refractivity contribution is 0.0680. The van der Waals surface area contributed by atoms with Gasteiger partial charge in [0.1, 0.15) is 5.69 Å². The number of benzene rings is 1. The van der Waals surface area contributed by atoms with Gasteiger partial charge in [-0.2, -0.15) is 0 Å². The number of aryl methyl sites for hydroxylation is 1. The summed E-state index contributed by atoms with van der Waals surface area (Å²) in [6.07, 6.45) is 5.67. The molecule has 2 N–H and O–H groups in total. The van der Waals surface area contributed by atoms with Crippen LogP contribution < -0.4 is 5.73 Å². The molecule has 1 aromatic carbocycles. The number of carbonyl (C=O) groups is 2. The predicted molar refractivity (Wildman–Crippen MR) is 96.1 cm³/mol. The Morgan fingerprint density at radius 2 is 1.80 bits per heavy atom. The fourth-order valence-corrected chi connectivity index (χ4v) is 3.27. The maximum atomic E-state index is 12.5. The lowest BCUT2D eigenvalue weighted by Crippen LogP contribution is -2.39. The van der Waals surface area contributed by atoms with Gasteiger partial charge in [-0.05, 0) is 49.3 Å². The van der Waals surface area contributed by atoms with Gasteiger partial charge in [0.2, 0.25) is 5.91 Å². The smallest absolute Gasteiger partial charge is 0.272 e. The van der Waals surface area contributed by atoms with Crippen molar-refractivity contribution in [2.45, 2.75) is 25.7 Å². The molecule has 0 spiro atoms. The first-order valence-corrected chi connectivity index (χ1v) is 8.72. The fraction of sp³-hybridized carbons (Fsp3) is 0.350. The summed E-state index contributed by atoms with van der Waals surface area (Å²) < 4.78 is 0. The molecular weight excluding hydrogens is 314 g/mol. The number of nitrogens with two attached hydrogens (primary N) is 1. The minimum atomic E-state index is -0.536. The normalized spacial score (nSPS) is 15.1. The van der Waals surface area contributed by atoms with Crippen LogP contribution >= 0.6 is 0 Å². The number of hydrogen-bond donors (Lipinski definition) is 1. The van der Waals surface area contributed by atoms with Gasteiger partial charge in [0.05, 0.1) is 5.56 Å². The van der Waals surface area contributed by atoms with E-state index in [9.17, 15) is 9.59 Å². The van der Waals surface area contributed by atoms with E-state index in [1.54, 1.807) is 12.1 Å². The molecule has 2 heterocycles. The zero-order valence-electron chi connectivity index (χ0n) is 14.2. The predicted octanol–water partition coefficient (Wildman–Crippen LogP) is 2.67. The van der Waals surface area contributed by atoms with E-state index in [-0.39, 0.29) is 5.91 Å². The third-order valence-corrected chi connectivity index (χ3v) is 4.85. The minimum Gasteiger partial charge on any atom is -0.366 e. The van der Waals surface area contributed by atoms with Crippen LogP contribution in [0.25, 0.3) is 0 Å². The van der Waals surface area contributed by atoms with E-state index in [2.05, 4.69) is 29.2 Å². The number of hydrogen-bond acceptors (Lipinski definition) is 3. The number of carbonyl (C=O) groups excluding carboxylic acids is 2. The molecule has 1 saturated heterocycles. The summed E-state index contributed by atoms with van der Waals surface area (Å²) in [5, 5.41) is 0. The molecular formula is C20H23N3O2. The number of pyridine rings is 1. The molecule has 2 aromatic rings. The summed E-state index contributed by atoms with van der Waals surface area (Å²) in [7, 11) is 0. The Kier molecular flexibility index (Phi) is 5.43. The van der Waals surface area contributed by atoms with Gasteiger partial charge in [-0.3, -0.25) is 14.6 Å². The molecule has 1 aromatic heterocycles. The van der Waals surface area contributed by atoms with Crippen molar-refractivity contribution in [1.82, 2.24) is 9.88 Å². The first-order valence-electron chi connectivity index (χ1n) is 8.72. The van der Waals surface area contributed by atoms with E-state index in [4.69, 9.17) is 5.73 Å². The molecule has 25 heavy (non-hydrogen) atoms. The Bertz CT molecular complexity index is 720. The van der Waals surface area contributed by atoms with Gasteiger partial charge in [0, 0.05) is 19.3 Å². The van der Waals surface area contributed by atoms with Gasteiger partial charge in [-0.1, -0.05) is 30.3 Å². The average molecular weight is 337 g/mol. The largest absolute Gasteiger partial charge is 0.366 e. The zero-order valence-corrected chi connectivity index (χ0v) is 14.2. The summed E-state index contributed by atoms with van der Waals surface area (Å²) >= 11 is 0. The van der Waals surface area contributed by atoms with Crippen molar-refractivity contribution >= 4 is 11.8 Å². The second kappa shape index (κ2) is 7.92. The molecule has 130 valence electrons. The topological polar surface area (TPSA) is 76.3 Å². The van der Waals surface area contributed by atoms with E-state index < -0.39 is 5.91 Å². The molecule has 2 amide bonds. The standard InChI is InChI=1S/C20H23N3O2/c21-19(24)17-8-9-18(22-14-17)20(25)23-12-10-16(11-13-23)7-6-15-4-2-1-3-5-15/h1-5,8-9,14,16H,6-7,10-13H2,(H2,21,24). The summed E-state index contributed by atoms with van der Waals surface area (Å²) in [5.74, 6) is 0.0534. The number of rotatable bonds is 5. The monoisotopic (exact) mass is 337 g/mol. The molecule has 1 aliphatic rings. The number of primary amides is 1. The van der Waals surface area contributed by atoms with Crippen molar-refractivity contribution in [1.29, 1.82) is 0 Å². The van der Waals surface area contributed by atoms with E-state index in [1.807, 2.05) is 11.0 Å². The quantitative estimate of drug-likeness (QED) is 0.911. The van der Waals surface area contributed by atoms with Crippen molar-refractivity contribution in [3.63, 3.8) is 0 Å². The van der Waals surface area contributed by atoms with Crippen molar-refractivity contribution in [2.75, 3.05) is 13.1 Å². The highest BCUT2D eigenvalue weighted by Crippen LogP contribution is 2.23. The van der Waals surface area contributed by atoms with Crippen LogP contribution in [0.2, 0.25) is 0 Å². The third-order valence-electron chi connectivity index (χ3n) is 4.85. The summed E-state index contributed by atoms with van der Waals surface area (Å²) in [5.41, 5.74) is 7.25. The van der Waals surface area contributed by atoms with E-state index in [1.165, 1.54) is 11.8 Å². The van der Waals surface area contributed by atoms with Crippen molar-refractivity contribution in [2.24, 2.45) is 11.7 Å². The van der Waals surface area contributed by atoms with Gasteiger partial charge < -0.3 is 10.6 Å². The highest BCUT2D eigenvalue weighted by molar-refractivity contribution is 5.95. The zero-order chi connectivity index (χ0) is 17.6. The van der Waals surface area contributed by atoms with E-state index in [0.717, 1.165) is 38.8 Å². The lowest BCUT2D eigenvalue weighted by atomic mass is 9.90. The van der Waals surface area contributed by atoms with Crippen LogP contribution in [0.5, 0.6) is 0 Å². The molecule has 5 nitrogen and oxygen atoms in total. The van der Waals surface area contributed by atoms with Crippen molar-refractivity contribution in [3.05, 3.63) is 65.5 Å². The molecule has 0 bridgehead atoms. The fourth-order valence-electron chi connectivity index (χ4n) is 3.27. The Balaban J connectivity index is 1.49. The van der Waals surface area contributed by atoms with Crippen LogP contribution in [-0.4, -0.2) is 34.8 Å². The number of amides is 2. The summed E-state index contributed by atoms with van der Waals surface area (Å²) in [6.45, 7) is 1.52. The second-order valence-electron chi connectivity index (χ2n) is 6.56. The SMILES string of the molecule is NC(=O)c1ccc(C(=O)N2CCC(CCc3ccccc3)CC2)nc1. The molecule has 1 fully saturated rings. The highest BCUT2D eigenvalue weighted by Gasteiger charge is 2.24. The minimum absolute atomic E-state index is 0.0717. The molecule has 0 atom stereocenters. The molecule has 0 saturated carbocycles. The maximum absolute atomic E-state index is 12.5. The summed E-state index contributed by atoms with van der Waals surface area (Å²) in [4.78, 5) is 29.5. The van der Waals surface area contributed by atoms with E-state index >= 15 is 0 Å². The van der Waals surface area contributed by atoms with Crippen LogP contribution in [0, 0.1) is 5.92 Å². The third kappa shape index (κ3) is 4.44. The molecule has 3 rings (SSSR count). The lowest BCUT2D eigenvalue weighted by Gasteiger charge is -2.32. The van der Waals surface area contributed by atoms with Crippen molar-refractivity contribution < 1.29 is 9.59 Å².